The van der Waals surface area contributed by atoms with E-state index in [0.717, 1.165) is 31.5 Å². The molecular formula is C29H29F3N2O3. The third kappa shape index (κ3) is 5.44. The number of anilines is 1. The standard InChI is InChI=1S/C29H29F3N2O3/c1-36-25-9-10-27-26(16-25)34(28(35)22-7-4-8-23(15-22)29(30,31)32)24(18-37-27)11-12-33-17-19-13-20-5-2-3-6-21(20)14-19/h2-10,15-16,19,24,33H,11-14,17-18H2,1H3. The van der Waals surface area contributed by atoms with E-state index >= 15 is 0 Å². The number of halogens is 3. The maximum absolute atomic E-state index is 13.7. The third-order valence-electron chi connectivity index (χ3n) is 7.10. The van der Waals surface area contributed by atoms with Crippen LogP contribution in [0.15, 0.2) is 66.7 Å². The number of methoxy groups -OCH3 is 1. The van der Waals surface area contributed by atoms with Gasteiger partial charge in [0, 0.05) is 11.6 Å². The van der Waals surface area contributed by atoms with E-state index in [4.69, 9.17) is 9.47 Å². The molecule has 1 heterocycles. The number of carbonyl (C=O) groups excluding carboxylic acids is 1. The van der Waals surface area contributed by atoms with Gasteiger partial charge in [-0.05, 0) is 79.7 Å². The van der Waals surface area contributed by atoms with Gasteiger partial charge in [-0.2, -0.15) is 13.2 Å². The number of fused-ring (bicyclic) bond motifs is 2. The number of hydrogen-bond donors (Lipinski definition) is 1. The van der Waals surface area contributed by atoms with Crippen molar-refractivity contribution < 1.29 is 27.4 Å². The first-order valence-corrected chi connectivity index (χ1v) is 12.4. The van der Waals surface area contributed by atoms with E-state index < -0.39 is 17.6 Å². The summed E-state index contributed by atoms with van der Waals surface area (Å²) in [7, 11) is 1.52. The fourth-order valence-corrected chi connectivity index (χ4v) is 5.22. The maximum Gasteiger partial charge on any atom is 0.416 e. The van der Waals surface area contributed by atoms with Crippen LogP contribution in [0, 0.1) is 5.92 Å². The van der Waals surface area contributed by atoms with E-state index in [-0.39, 0.29) is 18.2 Å². The van der Waals surface area contributed by atoms with Crippen molar-refractivity contribution in [2.24, 2.45) is 5.92 Å². The summed E-state index contributed by atoms with van der Waals surface area (Å²) in [4.78, 5) is 15.2. The van der Waals surface area contributed by atoms with Gasteiger partial charge in [-0.25, -0.2) is 0 Å². The fourth-order valence-electron chi connectivity index (χ4n) is 5.22. The topological polar surface area (TPSA) is 50.8 Å². The Morgan fingerprint density at radius 3 is 2.51 bits per heavy atom. The van der Waals surface area contributed by atoms with E-state index in [1.54, 1.807) is 23.1 Å². The van der Waals surface area contributed by atoms with Gasteiger partial charge in [-0.3, -0.25) is 9.69 Å². The summed E-state index contributed by atoms with van der Waals surface area (Å²) in [5.41, 5.74) is 2.42. The number of nitrogens with one attached hydrogen (secondary N) is 1. The summed E-state index contributed by atoms with van der Waals surface area (Å²) in [5.74, 6) is 1.05. The van der Waals surface area contributed by atoms with E-state index in [2.05, 4.69) is 29.6 Å². The molecule has 37 heavy (non-hydrogen) atoms. The number of ether oxygens (including phenoxy) is 2. The Morgan fingerprint density at radius 1 is 1.05 bits per heavy atom. The van der Waals surface area contributed by atoms with Gasteiger partial charge in [0.15, 0.2) is 0 Å². The number of amides is 1. The van der Waals surface area contributed by atoms with Gasteiger partial charge in [0.1, 0.15) is 18.1 Å². The lowest BCUT2D eigenvalue weighted by atomic mass is 10.0. The van der Waals surface area contributed by atoms with Crippen LogP contribution in [0.4, 0.5) is 18.9 Å². The largest absolute Gasteiger partial charge is 0.497 e. The second kappa shape index (κ2) is 10.5. The van der Waals surface area contributed by atoms with Gasteiger partial charge in [0.2, 0.25) is 0 Å². The molecule has 1 aliphatic carbocycles. The molecule has 0 spiro atoms. The van der Waals surface area contributed by atoms with Crippen molar-refractivity contribution in [2.75, 3.05) is 31.7 Å². The first kappa shape index (κ1) is 25.1. The molecule has 1 aliphatic heterocycles. The molecule has 5 rings (SSSR count). The quantitative estimate of drug-likeness (QED) is 0.426. The van der Waals surface area contributed by atoms with E-state index in [9.17, 15) is 18.0 Å². The van der Waals surface area contributed by atoms with Gasteiger partial charge in [-0.15, -0.1) is 0 Å². The molecule has 0 saturated carbocycles. The maximum atomic E-state index is 13.7. The number of carbonyl (C=O) groups is 1. The van der Waals surface area contributed by atoms with Crippen molar-refractivity contribution in [3.8, 4) is 11.5 Å². The zero-order valence-electron chi connectivity index (χ0n) is 20.6. The number of alkyl halides is 3. The predicted molar refractivity (Wildman–Crippen MR) is 135 cm³/mol. The van der Waals surface area contributed by atoms with E-state index in [1.165, 1.54) is 30.4 Å². The van der Waals surface area contributed by atoms with Crippen molar-refractivity contribution >= 4 is 11.6 Å². The van der Waals surface area contributed by atoms with Gasteiger partial charge < -0.3 is 14.8 Å². The fraction of sp³-hybridized carbons (Fsp3) is 0.345. The highest BCUT2D eigenvalue weighted by Gasteiger charge is 2.35. The summed E-state index contributed by atoms with van der Waals surface area (Å²) in [5, 5.41) is 3.52. The molecule has 0 fully saturated rings. The van der Waals surface area contributed by atoms with Gasteiger partial charge in [0.25, 0.3) is 5.91 Å². The van der Waals surface area contributed by atoms with E-state index in [1.807, 2.05) is 0 Å². The van der Waals surface area contributed by atoms with Crippen molar-refractivity contribution in [3.05, 3.63) is 89.0 Å². The zero-order chi connectivity index (χ0) is 26.0. The highest BCUT2D eigenvalue weighted by molar-refractivity contribution is 6.07. The van der Waals surface area contributed by atoms with Crippen LogP contribution in [0.5, 0.6) is 11.5 Å². The second-order valence-electron chi connectivity index (χ2n) is 9.59. The van der Waals surface area contributed by atoms with Crippen molar-refractivity contribution in [1.82, 2.24) is 5.32 Å². The molecule has 0 bridgehead atoms. The van der Waals surface area contributed by atoms with Crippen LogP contribution in [0.3, 0.4) is 0 Å². The molecule has 194 valence electrons. The van der Waals surface area contributed by atoms with Crippen LogP contribution in [0.25, 0.3) is 0 Å². The smallest absolute Gasteiger partial charge is 0.416 e. The summed E-state index contributed by atoms with van der Waals surface area (Å²) in [6, 6.07) is 17.8. The Bertz CT molecular complexity index is 1250. The molecule has 0 saturated heterocycles. The number of rotatable bonds is 7. The molecular weight excluding hydrogens is 481 g/mol. The average molecular weight is 511 g/mol. The lowest BCUT2D eigenvalue weighted by Crippen LogP contribution is -2.48. The third-order valence-corrected chi connectivity index (χ3v) is 7.10. The summed E-state index contributed by atoms with van der Waals surface area (Å²) < 4.78 is 51.3. The minimum Gasteiger partial charge on any atom is -0.497 e. The Morgan fingerprint density at radius 2 is 1.81 bits per heavy atom. The van der Waals surface area contributed by atoms with Crippen LogP contribution in [-0.2, 0) is 19.0 Å². The number of nitrogens with zero attached hydrogens (tertiary/aromatic N) is 1. The number of benzene rings is 3. The molecule has 1 atom stereocenters. The van der Waals surface area contributed by atoms with Crippen molar-refractivity contribution in [3.63, 3.8) is 0 Å². The molecule has 1 N–H and O–H groups in total. The lowest BCUT2D eigenvalue weighted by molar-refractivity contribution is -0.137. The van der Waals surface area contributed by atoms with Crippen LogP contribution < -0.4 is 19.7 Å². The summed E-state index contributed by atoms with van der Waals surface area (Å²) in [6.07, 6.45) is -1.86. The molecule has 0 radical (unpaired) electrons. The molecule has 8 heteroatoms. The van der Waals surface area contributed by atoms with Crippen LogP contribution >= 0.6 is 0 Å². The predicted octanol–water partition coefficient (Wildman–Crippen LogP) is 5.52. The molecule has 3 aromatic rings. The SMILES string of the molecule is COc1ccc2c(c1)N(C(=O)c1cccc(C(F)(F)F)c1)C(CCNCC1Cc3ccccc3C1)CO2. The average Bonchev–Trinajstić information content (AvgIpc) is 3.32. The Hall–Kier alpha value is -3.52. The van der Waals surface area contributed by atoms with Crippen molar-refractivity contribution in [2.45, 2.75) is 31.5 Å². The summed E-state index contributed by atoms with van der Waals surface area (Å²) >= 11 is 0. The zero-order valence-corrected chi connectivity index (χ0v) is 20.6. The van der Waals surface area contributed by atoms with Crippen molar-refractivity contribution in [1.29, 1.82) is 0 Å². The number of hydrogen-bond acceptors (Lipinski definition) is 4. The Labute approximate surface area is 214 Å². The molecule has 5 nitrogen and oxygen atoms in total. The van der Waals surface area contributed by atoms with Gasteiger partial charge >= 0.3 is 6.18 Å². The molecule has 1 unspecified atom stereocenters. The Kier molecular flexibility index (Phi) is 7.11. The first-order chi connectivity index (χ1) is 17.8. The highest BCUT2D eigenvalue weighted by Crippen LogP contribution is 2.39. The summed E-state index contributed by atoms with van der Waals surface area (Å²) in [6.45, 7) is 1.75. The highest BCUT2D eigenvalue weighted by atomic mass is 19.4. The monoisotopic (exact) mass is 510 g/mol. The van der Waals surface area contributed by atoms with Crippen LogP contribution in [-0.4, -0.2) is 38.8 Å². The molecule has 2 aliphatic rings. The lowest BCUT2D eigenvalue weighted by Gasteiger charge is -2.37. The molecule has 1 amide bonds. The van der Waals surface area contributed by atoms with Gasteiger partial charge in [0.05, 0.1) is 24.4 Å². The molecule has 3 aromatic carbocycles. The Balaban J connectivity index is 1.32. The molecule has 0 aromatic heterocycles. The van der Waals surface area contributed by atoms with Crippen LogP contribution in [0.2, 0.25) is 0 Å². The van der Waals surface area contributed by atoms with E-state index in [0.29, 0.717) is 36.1 Å². The minimum absolute atomic E-state index is 0.0211. The minimum atomic E-state index is -4.54. The first-order valence-electron chi connectivity index (χ1n) is 12.4. The van der Waals surface area contributed by atoms with Crippen LogP contribution in [0.1, 0.15) is 33.5 Å². The normalized spacial score (nSPS) is 17.2. The van der Waals surface area contributed by atoms with Gasteiger partial charge in [-0.1, -0.05) is 30.3 Å². The second-order valence-corrected chi connectivity index (χ2v) is 9.59.